The SMILES string of the molecule is CCC(CNC(=O)Nc1cc(F)ccc1C)CC(=O)O. The van der Waals surface area contributed by atoms with Crippen molar-refractivity contribution in [2.24, 2.45) is 5.92 Å². The Morgan fingerprint density at radius 1 is 1.40 bits per heavy atom. The summed E-state index contributed by atoms with van der Waals surface area (Å²) in [5.74, 6) is -1.44. The molecule has 0 aliphatic carbocycles. The number of carbonyl (C=O) groups excluding carboxylic acids is 1. The van der Waals surface area contributed by atoms with E-state index in [9.17, 15) is 14.0 Å². The largest absolute Gasteiger partial charge is 0.481 e. The Labute approximate surface area is 117 Å². The number of carboxylic acid groups (broad SMARTS) is 1. The maximum atomic E-state index is 13.1. The second-order valence-corrected chi connectivity index (χ2v) is 4.67. The van der Waals surface area contributed by atoms with Crippen LogP contribution in [0.25, 0.3) is 0 Å². The van der Waals surface area contributed by atoms with Crippen molar-refractivity contribution in [2.75, 3.05) is 11.9 Å². The minimum absolute atomic E-state index is 0.00970. The van der Waals surface area contributed by atoms with Crippen LogP contribution in [0, 0.1) is 18.7 Å². The van der Waals surface area contributed by atoms with Gasteiger partial charge >= 0.3 is 12.0 Å². The molecule has 5 nitrogen and oxygen atoms in total. The molecule has 3 N–H and O–H groups in total. The van der Waals surface area contributed by atoms with Gasteiger partial charge in [-0.25, -0.2) is 9.18 Å². The first kappa shape index (κ1) is 15.9. The molecule has 0 bridgehead atoms. The van der Waals surface area contributed by atoms with Crippen molar-refractivity contribution in [3.8, 4) is 0 Å². The number of hydrogen-bond acceptors (Lipinski definition) is 2. The molecule has 0 fully saturated rings. The summed E-state index contributed by atoms with van der Waals surface area (Å²) >= 11 is 0. The van der Waals surface area contributed by atoms with Gasteiger partial charge in [0, 0.05) is 18.7 Å². The Balaban J connectivity index is 2.51. The van der Waals surface area contributed by atoms with Gasteiger partial charge in [-0.1, -0.05) is 19.4 Å². The van der Waals surface area contributed by atoms with Crippen molar-refractivity contribution >= 4 is 17.7 Å². The number of hydrogen-bond donors (Lipinski definition) is 3. The van der Waals surface area contributed by atoms with Gasteiger partial charge in [0.2, 0.25) is 0 Å². The number of anilines is 1. The fourth-order valence-electron chi connectivity index (χ4n) is 1.74. The number of aliphatic carboxylic acids is 1. The summed E-state index contributed by atoms with van der Waals surface area (Å²) in [6, 6.07) is 3.66. The Morgan fingerprint density at radius 3 is 2.70 bits per heavy atom. The summed E-state index contributed by atoms with van der Waals surface area (Å²) in [5.41, 5.74) is 1.15. The van der Waals surface area contributed by atoms with Crippen molar-refractivity contribution in [3.63, 3.8) is 0 Å². The molecule has 20 heavy (non-hydrogen) atoms. The number of carboxylic acids is 1. The van der Waals surface area contributed by atoms with Gasteiger partial charge in [-0.2, -0.15) is 0 Å². The molecule has 0 spiro atoms. The van der Waals surface area contributed by atoms with Crippen LogP contribution >= 0.6 is 0 Å². The van der Waals surface area contributed by atoms with Crippen molar-refractivity contribution in [1.29, 1.82) is 0 Å². The summed E-state index contributed by atoms with van der Waals surface area (Å²) in [6.07, 6.45) is 0.668. The number of benzene rings is 1. The molecule has 1 aromatic rings. The molecule has 1 aromatic carbocycles. The predicted molar refractivity (Wildman–Crippen MR) is 74.2 cm³/mol. The molecule has 0 heterocycles. The van der Waals surface area contributed by atoms with E-state index >= 15 is 0 Å². The molecule has 0 radical (unpaired) electrons. The zero-order chi connectivity index (χ0) is 15.1. The minimum atomic E-state index is -0.889. The zero-order valence-corrected chi connectivity index (χ0v) is 11.6. The maximum Gasteiger partial charge on any atom is 0.319 e. The molecule has 110 valence electrons. The lowest BCUT2D eigenvalue weighted by atomic mass is 10.0. The van der Waals surface area contributed by atoms with Crippen LogP contribution in [0.1, 0.15) is 25.3 Å². The number of nitrogens with one attached hydrogen (secondary N) is 2. The van der Waals surface area contributed by atoms with Gasteiger partial charge in [0.1, 0.15) is 5.82 Å². The quantitative estimate of drug-likeness (QED) is 0.750. The summed E-state index contributed by atoms with van der Waals surface area (Å²) in [5, 5.41) is 13.9. The van der Waals surface area contributed by atoms with Gasteiger partial charge in [0.25, 0.3) is 0 Å². The first-order valence-electron chi connectivity index (χ1n) is 6.45. The normalized spacial score (nSPS) is 11.8. The summed E-state index contributed by atoms with van der Waals surface area (Å²) in [4.78, 5) is 22.3. The highest BCUT2D eigenvalue weighted by molar-refractivity contribution is 5.90. The number of carbonyl (C=O) groups is 2. The van der Waals surface area contributed by atoms with E-state index in [2.05, 4.69) is 10.6 Å². The van der Waals surface area contributed by atoms with E-state index in [0.717, 1.165) is 5.56 Å². The highest BCUT2D eigenvalue weighted by atomic mass is 19.1. The Morgan fingerprint density at radius 2 is 2.10 bits per heavy atom. The standard InChI is InChI=1S/C14H19FN2O3/c1-3-10(6-13(18)19)8-16-14(20)17-12-7-11(15)5-4-9(12)2/h4-5,7,10H,3,6,8H2,1-2H3,(H,18,19)(H2,16,17,20). The third-order valence-electron chi connectivity index (χ3n) is 3.04. The summed E-state index contributed by atoms with van der Waals surface area (Å²) < 4.78 is 13.1. The van der Waals surface area contributed by atoms with E-state index in [4.69, 9.17) is 5.11 Å². The molecule has 0 aliphatic rings. The molecule has 0 aromatic heterocycles. The van der Waals surface area contributed by atoms with Crippen LogP contribution in [0.15, 0.2) is 18.2 Å². The van der Waals surface area contributed by atoms with Crippen LogP contribution < -0.4 is 10.6 Å². The Kier molecular flexibility index (Phi) is 5.96. The third kappa shape index (κ3) is 5.26. The Hall–Kier alpha value is -2.11. The van der Waals surface area contributed by atoms with E-state index in [1.807, 2.05) is 6.92 Å². The van der Waals surface area contributed by atoms with Crippen molar-refractivity contribution in [2.45, 2.75) is 26.7 Å². The second-order valence-electron chi connectivity index (χ2n) is 4.67. The van der Waals surface area contributed by atoms with Crippen LogP contribution in [0.2, 0.25) is 0 Å². The van der Waals surface area contributed by atoms with E-state index < -0.39 is 17.8 Å². The lowest BCUT2D eigenvalue weighted by Gasteiger charge is -2.14. The minimum Gasteiger partial charge on any atom is -0.481 e. The smallest absolute Gasteiger partial charge is 0.319 e. The highest BCUT2D eigenvalue weighted by Gasteiger charge is 2.13. The van der Waals surface area contributed by atoms with Gasteiger partial charge in [0.15, 0.2) is 0 Å². The first-order chi connectivity index (χ1) is 9.42. The van der Waals surface area contributed by atoms with Crippen LogP contribution in [0.4, 0.5) is 14.9 Å². The fraction of sp³-hybridized carbons (Fsp3) is 0.429. The van der Waals surface area contributed by atoms with Crippen molar-refractivity contribution < 1.29 is 19.1 Å². The molecule has 6 heteroatoms. The van der Waals surface area contributed by atoms with Gasteiger partial charge < -0.3 is 15.7 Å². The van der Waals surface area contributed by atoms with Crippen molar-refractivity contribution in [1.82, 2.24) is 5.32 Å². The number of rotatable bonds is 6. The number of amides is 2. The molecule has 0 saturated carbocycles. The van der Waals surface area contributed by atoms with Crippen molar-refractivity contribution in [3.05, 3.63) is 29.6 Å². The predicted octanol–water partition coefficient (Wildman–Crippen LogP) is 2.76. The van der Waals surface area contributed by atoms with Crippen LogP contribution in [0.5, 0.6) is 0 Å². The van der Waals surface area contributed by atoms with Gasteiger partial charge in [0.05, 0.1) is 0 Å². The monoisotopic (exact) mass is 282 g/mol. The third-order valence-corrected chi connectivity index (χ3v) is 3.04. The molecule has 1 atom stereocenters. The van der Waals surface area contributed by atoms with E-state index in [-0.39, 0.29) is 18.9 Å². The second kappa shape index (κ2) is 7.47. The number of urea groups is 1. The summed E-state index contributed by atoms with van der Waals surface area (Å²) in [6.45, 7) is 3.89. The molecule has 0 aliphatic heterocycles. The lowest BCUT2D eigenvalue weighted by Crippen LogP contribution is -2.33. The molecular weight excluding hydrogens is 263 g/mol. The van der Waals surface area contributed by atoms with E-state index in [1.165, 1.54) is 12.1 Å². The average Bonchev–Trinajstić information content (AvgIpc) is 2.38. The molecule has 1 unspecified atom stereocenters. The molecule has 0 saturated heterocycles. The van der Waals surface area contributed by atoms with Gasteiger partial charge in [-0.15, -0.1) is 0 Å². The fourth-order valence-corrected chi connectivity index (χ4v) is 1.74. The number of halogens is 1. The first-order valence-corrected chi connectivity index (χ1v) is 6.45. The Bertz CT molecular complexity index is 491. The molecule has 2 amide bonds. The van der Waals surface area contributed by atoms with E-state index in [1.54, 1.807) is 13.0 Å². The maximum absolute atomic E-state index is 13.1. The molecular formula is C14H19FN2O3. The van der Waals surface area contributed by atoms with Gasteiger partial charge in [-0.05, 0) is 30.5 Å². The topological polar surface area (TPSA) is 78.4 Å². The van der Waals surface area contributed by atoms with Crippen LogP contribution in [0.3, 0.4) is 0 Å². The zero-order valence-electron chi connectivity index (χ0n) is 11.6. The summed E-state index contributed by atoms with van der Waals surface area (Å²) in [7, 11) is 0. The average molecular weight is 282 g/mol. The lowest BCUT2D eigenvalue weighted by molar-refractivity contribution is -0.138. The van der Waals surface area contributed by atoms with Crippen LogP contribution in [-0.4, -0.2) is 23.7 Å². The van der Waals surface area contributed by atoms with Gasteiger partial charge in [-0.3, -0.25) is 4.79 Å². The van der Waals surface area contributed by atoms with E-state index in [0.29, 0.717) is 12.1 Å². The highest BCUT2D eigenvalue weighted by Crippen LogP contribution is 2.15. The van der Waals surface area contributed by atoms with Crippen LogP contribution in [-0.2, 0) is 4.79 Å². The number of aryl methyl sites for hydroxylation is 1. The molecule has 1 rings (SSSR count).